The number of nitrogens with one attached hydrogen (secondary N) is 1. The highest BCUT2D eigenvalue weighted by Gasteiger charge is 2.41. The van der Waals surface area contributed by atoms with Crippen molar-refractivity contribution in [3.8, 4) is 6.07 Å². The number of amides is 1. The Hall–Kier alpha value is -3.63. The fourth-order valence-corrected chi connectivity index (χ4v) is 6.03. The summed E-state index contributed by atoms with van der Waals surface area (Å²) in [6.45, 7) is 2.01. The van der Waals surface area contributed by atoms with Crippen LogP contribution in [0.1, 0.15) is 75.9 Å². The Balaban J connectivity index is 1.33. The molecule has 3 aromatic rings. The average Bonchev–Trinajstić information content (AvgIpc) is 3.39. The molecule has 0 radical (unpaired) electrons. The molecule has 2 aromatic heterocycles. The summed E-state index contributed by atoms with van der Waals surface area (Å²) in [4.78, 5) is 26.7. The number of carbonyl (C=O) groups is 2. The lowest BCUT2D eigenvalue weighted by Gasteiger charge is -2.12. The minimum absolute atomic E-state index is 0.0810. The van der Waals surface area contributed by atoms with E-state index in [2.05, 4.69) is 17.4 Å². The number of aryl methyl sites for hydroxylation is 1. The zero-order chi connectivity index (χ0) is 24.4. The van der Waals surface area contributed by atoms with Crippen molar-refractivity contribution < 1.29 is 18.7 Å². The molecule has 178 valence electrons. The zero-order valence-corrected chi connectivity index (χ0v) is 20.3. The van der Waals surface area contributed by atoms with Gasteiger partial charge in [-0.1, -0.05) is 30.3 Å². The van der Waals surface area contributed by atoms with Crippen LogP contribution in [0, 0.1) is 11.3 Å². The van der Waals surface area contributed by atoms with Gasteiger partial charge in [0.1, 0.15) is 28.2 Å². The van der Waals surface area contributed by atoms with E-state index < -0.39 is 11.9 Å². The molecule has 0 saturated heterocycles. The Kier molecular flexibility index (Phi) is 6.56. The van der Waals surface area contributed by atoms with Crippen LogP contribution >= 0.6 is 11.3 Å². The molecule has 0 bridgehead atoms. The molecule has 0 spiro atoms. The van der Waals surface area contributed by atoms with E-state index in [-0.39, 0.29) is 12.2 Å². The fourth-order valence-electron chi connectivity index (χ4n) is 4.76. The molecule has 2 atom stereocenters. The number of benzene rings is 1. The van der Waals surface area contributed by atoms with Crippen molar-refractivity contribution in [1.29, 1.82) is 5.26 Å². The third-order valence-corrected chi connectivity index (χ3v) is 7.77. The summed E-state index contributed by atoms with van der Waals surface area (Å²) in [5.41, 5.74) is 2.60. The third kappa shape index (κ3) is 4.80. The van der Waals surface area contributed by atoms with Crippen molar-refractivity contribution in [3.05, 3.63) is 81.1 Å². The largest absolute Gasteiger partial charge is 0.462 e. The first kappa shape index (κ1) is 23.1. The highest BCUT2D eigenvalue weighted by molar-refractivity contribution is 7.17. The minimum atomic E-state index is -0.567. The second-order valence-corrected chi connectivity index (χ2v) is 9.96. The van der Waals surface area contributed by atoms with Crippen molar-refractivity contribution in [1.82, 2.24) is 0 Å². The van der Waals surface area contributed by atoms with Crippen LogP contribution in [0.15, 0.2) is 52.5 Å². The number of ether oxygens (including phenoxy) is 1. The number of thiophene rings is 1. The van der Waals surface area contributed by atoms with Crippen LogP contribution in [-0.2, 0) is 22.4 Å². The number of rotatable bonds is 7. The Labute approximate surface area is 208 Å². The van der Waals surface area contributed by atoms with Crippen LogP contribution in [-0.4, -0.2) is 18.5 Å². The number of nitrogens with zero attached hydrogens (tertiary/aromatic N) is 1. The molecular weight excluding hydrogens is 460 g/mol. The predicted octanol–water partition coefficient (Wildman–Crippen LogP) is 6.21. The van der Waals surface area contributed by atoms with Crippen molar-refractivity contribution in [2.75, 3.05) is 11.9 Å². The molecule has 7 heteroatoms. The molecule has 1 saturated carbocycles. The molecule has 6 nitrogen and oxygen atoms in total. The van der Waals surface area contributed by atoms with Crippen molar-refractivity contribution >= 4 is 34.3 Å². The number of furan rings is 1. The lowest BCUT2D eigenvalue weighted by molar-refractivity contribution is -0.112. The summed E-state index contributed by atoms with van der Waals surface area (Å²) in [5, 5.41) is 12.9. The monoisotopic (exact) mass is 486 g/mol. The summed E-state index contributed by atoms with van der Waals surface area (Å²) in [6.07, 6.45) is 6.20. The number of carbonyl (C=O) groups excluding carboxylic acids is 2. The van der Waals surface area contributed by atoms with Gasteiger partial charge in [-0.15, -0.1) is 11.3 Å². The number of fused-ring (bicyclic) bond motifs is 1. The Morgan fingerprint density at radius 1 is 1.17 bits per heavy atom. The Morgan fingerprint density at radius 3 is 2.74 bits per heavy atom. The SMILES string of the molecule is CCOC(=O)c1c(NC(=O)/C(C#N)=C/c2ccc([C@H]3C[C@@H]3c3ccccc3)o2)sc2c1CCCC2. The first-order chi connectivity index (χ1) is 17.1. The molecule has 1 N–H and O–H groups in total. The number of nitriles is 1. The molecule has 0 aliphatic heterocycles. The lowest BCUT2D eigenvalue weighted by atomic mass is 9.95. The maximum absolute atomic E-state index is 13.0. The fraction of sp³-hybridized carbons (Fsp3) is 0.321. The molecule has 1 aromatic carbocycles. The normalized spacial score (nSPS) is 18.9. The Bertz CT molecular complexity index is 1330. The molecule has 2 aliphatic carbocycles. The number of anilines is 1. The number of hydrogen-bond donors (Lipinski definition) is 1. The standard InChI is InChI=1S/C28H26N2O4S/c1-2-33-28(32)25-20-10-6-7-11-24(20)35-27(25)30-26(31)18(16-29)14-19-12-13-23(34-19)22-15-21(22)17-8-4-3-5-9-17/h3-5,8-9,12-14,21-22H,2,6-7,10-11,15H2,1H3,(H,30,31)/b18-14+/t21-,22+/m1/s1. The highest BCUT2D eigenvalue weighted by atomic mass is 32.1. The quantitative estimate of drug-likeness (QED) is 0.243. The molecule has 1 amide bonds. The third-order valence-electron chi connectivity index (χ3n) is 6.56. The van der Waals surface area contributed by atoms with Crippen LogP contribution in [0.3, 0.4) is 0 Å². The van der Waals surface area contributed by atoms with E-state index in [0.29, 0.717) is 28.2 Å². The summed E-state index contributed by atoms with van der Waals surface area (Å²) in [7, 11) is 0. The molecule has 0 unspecified atom stereocenters. The van der Waals surface area contributed by atoms with Gasteiger partial charge in [0.15, 0.2) is 0 Å². The van der Waals surface area contributed by atoms with Crippen molar-refractivity contribution in [2.24, 2.45) is 0 Å². The van der Waals surface area contributed by atoms with E-state index >= 15 is 0 Å². The van der Waals surface area contributed by atoms with Gasteiger partial charge in [0, 0.05) is 16.9 Å². The highest BCUT2D eigenvalue weighted by Crippen LogP contribution is 2.54. The van der Waals surface area contributed by atoms with Crippen molar-refractivity contribution in [3.63, 3.8) is 0 Å². The predicted molar refractivity (Wildman–Crippen MR) is 134 cm³/mol. The van der Waals surface area contributed by atoms with Gasteiger partial charge in [0.2, 0.25) is 0 Å². The Morgan fingerprint density at radius 2 is 1.97 bits per heavy atom. The molecule has 2 aliphatic rings. The van der Waals surface area contributed by atoms with E-state index in [1.165, 1.54) is 23.0 Å². The van der Waals surface area contributed by atoms with E-state index in [4.69, 9.17) is 9.15 Å². The van der Waals surface area contributed by atoms with Crippen LogP contribution in [0.4, 0.5) is 5.00 Å². The molecule has 5 rings (SSSR count). The molecule has 35 heavy (non-hydrogen) atoms. The topological polar surface area (TPSA) is 92.3 Å². The van der Waals surface area contributed by atoms with E-state index in [9.17, 15) is 14.9 Å². The number of esters is 1. The van der Waals surface area contributed by atoms with Crippen LogP contribution in [0.25, 0.3) is 6.08 Å². The summed E-state index contributed by atoms with van der Waals surface area (Å²) in [6, 6.07) is 16.0. The van der Waals surface area contributed by atoms with Crippen LogP contribution < -0.4 is 5.32 Å². The molecule has 1 fully saturated rings. The first-order valence-electron chi connectivity index (χ1n) is 12.0. The van der Waals surface area contributed by atoms with Gasteiger partial charge in [-0.2, -0.15) is 5.26 Å². The van der Waals surface area contributed by atoms with Gasteiger partial charge < -0.3 is 14.5 Å². The van der Waals surface area contributed by atoms with Gasteiger partial charge in [-0.3, -0.25) is 4.79 Å². The van der Waals surface area contributed by atoms with E-state index in [1.54, 1.807) is 13.0 Å². The second-order valence-electron chi connectivity index (χ2n) is 8.86. The summed E-state index contributed by atoms with van der Waals surface area (Å²) in [5.74, 6) is 1.06. The first-order valence-corrected chi connectivity index (χ1v) is 12.8. The maximum Gasteiger partial charge on any atom is 0.341 e. The summed E-state index contributed by atoms with van der Waals surface area (Å²) < 4.78 is 11.2. The van der Waals surface area contributed by atoms with Crippen LogP contribution in [0.5, 0.6) is 0 Å². The van der Waals surface area contributed by atoms with Gasteiger partial charge in [-0.05, 0) is 68.2 Å². The van der Waals surface area contributed by atoms with Gasteiger partial charge in [0.05, 0.1) is 12.2 Å². The minimum Gasteiger partial charge on any atom is -0.462 e. The second kappa shape index (κ2) is 9.93. The average molecular weight is 487 g/mol. The lowest BCUT2D eigenvalue weighted by Crippen LogP contribution is -2.16. The van der Waals surface area contributed by atoms with E-state index in [0.717, 1.165) is 48.3 Å². The molecule has 2 heterocycles. The summed E-state index contributed by atoms with van der Waals surface area (Å²) >= 11 is 1.40. The van der Waals surface area contributed by atoms with Gasteiger partial charge in [-0.25, -0.2) is 4.79 Å². The van der Waals surface area contributed by atoms with Crippen LogP contribution in [0.2, 0.25) is 0 Å². The maximum atomic E-state index is 13.0. The van der Waals surface area contributed by atoms with Gasteiger partial charge >= 0.3 is 5.97 Å². The van der Waals surface area contributed by atoms with Gasteiger partial charge in [0.25, 0.3) is 5.91 Å². The smallest absolute Gasteiger partial charge is 0.341 e. The zero-order valence-electron chi connectivity index (χ0n) is 19.5. The van der Waals surface area contributed by atoms with Crippen molar-refractivity contribution in [2.45, 2.75) is 50.9 Å². The number of hydrogen-bond acceptors (Lipinski definition) is 6. The van der Waals surface area contributed by atoms with E-state index in [1.807, 2.05) is 30.3 Å². The molecular formula is C28H26N2O4S.